The van der Waals surface area contributed by atoms with E-state index in [4.69, 9.17) is 0 Å². The lowest BCUT2D eigenvalue weighted by Gasteiger charge is -2.22. The van der Waals surface area contributed by atoms with Crippen LogP contribution in [-0.4, -0.2) is 11.5 Å². The average Bonchev–Trinajstić information content (AvgIpc) is 2.48. The second kappa shape index (κ2) is 5.35. The summed E-state index contributed by atoms with van der Waals surface area (Å²) in [5, 5.41) is 3.59. The van der Waals surface area contributed by atoms with Crippen molar-refractivity contribution in [1.29, 1.82) is 0 Å². The molecule has 0 atom stereocenters. The molecule has 0 unspecified atom stereocenters. The maximum atomic E-state index is 14.2. The molecular weight excluding hydrogens is 258 g/mol. The summed E-state index contributed by atoms with van der Waals surface area (Å²) in [5.41, 5.74) is 2.90. The molecule has 0 amide bonds. The Morgan fingerprint density at radius 3 is 2.70 bits per heavy atom. The number of hydrogen-bond donors (Lipinski definition) is 1. The van der Waals surface area contributed by atoms with Gasteiger partial charge in [-0.25, -0.2) is 13.8 Å². The summed E-state index contributed by atoms with van der Waals surface area (Å²) < 4.78 is 28.2. The van der Waals surface area contributed by atoms with Gasteiger partial charge >= 0.3 is 0 Å². The molecular formula is C16H18F2N2. The minimum Gasteiger partial charge on any atom is -0.384 e. The number of aryl methyl sites for hydroxylation is 1. The standard InChI is InChI=1S/C16H18F2N2/c1-2-9-19-15-10-5-3-4-6-13(10)20-16-12(18)8-7-11(17)14(15)16/h7-8H,2-6,9H2,1H3,(H,19,20). The molecule has 2 nitrogen and oxygen atoms in total. The summed E-state index contributed by atoms with van der Waals surface area (Å²) >= 11 is 0. The third-order valence-electron chi connectivity index (χ3n) is 3.87. The van der Waals surface area contributed by atoms with Gasteiger partial charge in [-0.3, -0.25) is 0 Å². The zero-order valence-corrected chi connectivity index (χ0v) is 11.6. The largest absolute Gasteiger partial charge is 0.384 e. The lowest BCUT2D eigenvalue weighted by atomic mass is 9.92. The number of fused-ring (bicyclic) bond motifs is 2. The number of halogens is 2. The van der Waals surface area contributed by atoms with E-state index in [-0.39, 0.29) is 5.52 Å². The molecule has 2 aromatic rings. The van der Waals surface area contributed by atoms with E-state index in [2.05, 4.69) is 17.2 Å². The van der Waals surface area contributed by atoms with Crippen LogP contribution in [0.1, 0.15) is 37.4 Å². The van der Waals surface area contributed by atoms with Crippen LogP contribution in [0, 0.1) is 11.6 Å². The van der Waals surface area contributed by atoms with Gasteiger partial charge in [0.2, 0.25) is 0 Å². The zero-order chi connectivity index (χ0) is 14.1. The Kier molecular flexibility index (Phi) is 3.55. The van der Waals surface area contributed by atoms with Crippen molar-refractivity contribution in [2.24, 2.45) is 0 Å². The number of benzene rings is 1. The van der Waals surface area contributed by atoms with Gasteiger partial charge in [0.1, 0.15) is 17.2 Å². The van der Waals surface area contributed by atoms with Gasteiger partial charge in [-0.15, -0.1) is 0 Å². The summed E-state index contributed by atoms with van der Waals surface area (Å²) in [6.07, 6.45) is 4.82. The maximum absolute atomic E-state index is 14.2. The van der Waals surface area contributed by atoms with Crippen LogP contribution in [0.25, 0.3) is 10.9 Å². The van der Waals surface area contributed by atoms with E-state index in [0.717, 1.165) is 61.7 Å². The molecule has 0 bridgehead atoms. The molecule has 1 aliphatic rings. The first-order chi connectivity index (χ1) is 9.72. The van der Waals surface area contributed by atoms with E-state index in [9.17, 15) is 8.78 Å². The van der Waals surface area contributed by atoms with Crippen molar-refractivity contribution in [1.82, 2.24) is 4.98 Å². The van der Waals surface area contributed by atoms with Gasteiger partial charge in [0.15, 0.2) is 0 Å². The van der Waals surface area contributed by atoms with Crippen LogP contribution in [0.4, 0.5) is 14.5 Å². The quantitative estimate of drug-likeness (QED) is 0.908. The molecule has 1 aromatic carbocycles. The third-order valence-corrected chi connectivity index (χ3v) is 3.87. The molecule has 1 heterocycles. The lowest BCUT2D eigenvalue weighted by Crippen LogP contribution is -2.13. The van der Waals surface area contributed by atoms with Crippen molar-refractivity contribution in [3.8, 4) is 0 Å². The van der Waals surface area contributed by atoms with Crippen molar-refractivity contribution in [2.45, 2.75) is 39.0 Å². The second-order valence-corrected chi connectivity index (χ2v) is 5.30. The molecule has 3 rings (SSSR count). The van der Waals surface area contributed by atoms with E-state index in [0.29, 0.717) is 5.39 Å². The van der Waals surface area contributed by atoms with Crippen molar-refractivity contribution in [2.75, 3.05) is 11.9 Å². The highest BCUT2D eigenvalue weighted by Crippen LogP contribution is 2.35. The normalized spacial score (nSPS) is 14.3. The Labute approximate surface area is 117 Å². The maximum Gasteiger partial charge on any atom is 0.149 e. The number of anilines is 1. The van der Waals surface area contributed by atoms with Crippen LogP contribution < -0.4 is 5.32 Å². The van der Waals surface area contributed by atoms with E-state index in [1.165, 1.54) is 6.07 Å². The molecule has 0 fully saturated rings. The highest BCUT2D eigenvalue weighted by Gasteiger charge is 2.21. The molecule has 106 valence electrons. The van der Waals surface area contributed by atoms with Crippen LogP contribution in [0.15, 0.2) is 12.1 Å². The first-order valence-electron chi connectivity index (χ1n) is 7.25. The van der Waals surface area contributed by atoms with Gasteiger partial charge < -0.3 is 5.32 Å². The molecule has 0 saturated heterocycles. The first-order valence-corrected chi connectivity index (χ1v) is 7.25. The zero-order valence-electron chi connectivity index (χ0n) is 11.6. The number of hydrogen-bond acceptors (Lipinski definition) is 2. The fourth-order valence-electron chi connectivity index (χ4n) is 2.90. The van der Waals surface area contributed by atoms with Crippen molar-refractivity contribution >= 4 is 16.6 Å². The molecule has 20 heavy (non-hydrogen) atoms. The van der Waals surface area contributed by atoms with Gasteiger partial charge in [-0.05, 0) is 49.8 Å². The van der Waals surface area contributed by atoms with Crippen LogP contribution in [0.2, 0.25) is 0 Å². The van der Waals surface area contributed by atoms with Gasteiger partial charge in [-0.2, -0.15) is 0 Å². The van der Waals surface area contributed by atoms with Gasteiger partial charge in [0.05, 0.1) is 11.1 Å². The summed E-state index contributed by atoms with van der Waals surface area (Å²) in [7, 11) is 0. The smallest absolute Gasteiger partial charge is 0.149 e. The van der Waals surface area contributed by atoms with Crippen molar-refractivity contribution in [3.63, 3.8) is 0 Å². The van der Waals surface area contributed by atoms with Crippen molar-refractivity contribution < 1.29 is 8.78 Å². The SMILES string of the molecule is CCCNc1c2c(nc3c(F)ccc(F)c13)CCCC2. The summed E-state index contributed by atoms with van der Waals surface area (Å²) in [6.45, 7) is 2.81. The van der Waals surface area contributed by atoms with Crippen LogP contribution in [0.3, 0.4) is 0 Å². The Bertz CT molecular complexity index is 653. The molecule has 0 aliphatic heterocycles. The number of nitrogens with zero attached hydrogens (tertiary/aromatic N) is 1. The molecule has 4 heteroatoms. The molecule has 1 aromatic heterocycles. The number of rotatable bonds is 3. The molecule has 0 saturated carbocycles. The summed E-state index contributed by atoms with van der Waals surface area (Å²) in [5.74, 6) is -0.852. The Morgan fingerprint density at radius 2 is 1.90 bits per heavy atom. The molecule has 1 aliphatic carbocycles. The summed E-state index contributed by atoms with van der Waals surface area (Å²) in [6, 6.07) is 2.34. The van der Waals surface area contributed by atoms with Crippen molar-refractivity contribution in [3.05, 3.63) is 35.0 Å². The monoisotopic (exact) mass is 276 g/mol. The number of aromatic nitrogens is 1. The van der Waals surface area contributed by atoms with Gasteiger partial charge in [0, 0.05) is 12.2 Å². The predicted molar refractivity (Wildman–Crippen MR) is 77.1 cm³/mol. The highest BCUT2D eigenvalue weighted by atomic mass is 19.1. The van der Waals surface area contributed by atoms with Crippen LogP contribution >= 0.6 is 0 Å². The Balaban J connectivity index is 2.30. The summed E-state index contributed by atoms with van der Waals surface area (Å²) in [4.78, 5) is 4.39. The van der Waals surface area contributed by atoms with Crippen LogP contribution in [0.5, 0.6) is 0 Å². The van der Waals surface area contributed by atoms with Gasteiger partial charge in [0.25, 0.3) is 0 Å². The Hall–Kier alpha value is -1.71. The minimum atomic E-state index is -0.450. The van der Waals surface area contributed by atoms with E-state index < -0.39 is 11.6 Å². The minimum absolute atomic E-state index is 0.157. The molecule has 0 radical (unpaired) electrons. The first kappa shape index (κ1) is 13.3. The molecule has 0 spiro atoms. The Morgan fingerprint density at radius 1 is 1.15 bits per heavy atom. The fraction of sp³-hybridized carbons (Fsp3) is 0.438. The topological polar surface area (TPSA) is 24.9 Å². The third kappa shape index (κ3) is 2.13. The van der Waals surface area contributed by atoms with Crippen LogP contribution in [-0.2, 0) is 12.8 Å². The second-order valence-electron chi connectivity index (χ2n) is 5.30. The lowest BCUT2D eigenvalue weighted by molar-refractivity contribution is 0.611. The van der Waals surface area contributed by atoms with E-state index >= 15 is 0 Å². The fourth-order valence-corrected chi connectivity index (χ4v) is 2.90. The number of nitrogens with one attached hydrogen (secondary N) is 1. The van der Waals surface area contributed by atoms with E-state index in [1.807, 2.05) is 0 Å². The van der Waals surface area contributed by atoms with E-state index in [1.54, 1.807) is 0 Å². The number of pyridine rings is 1. The van der Waals surface area contributed by atoms with Gasteiger partial charge in [-0.1, -0.05) is 6.92 Å². The highest BCUT2D eigenvalue weighted by molar-refractivity contribution is 5.94. The predicted octanol–water partition coefficient (Wildman–Crippen LogP) is 4.21. The molecule has 1 N–H and O–H groups in total. The average molecular weight is 276 g/mol.